The Morgan fingerprint density at radius 3 is 2.60 bits per heavy atom. The first-order chi connectivity index (χ1) is 7.43. The van der Waals surface area contributed by atoms with Crippen LogP contribution in [0.5, 0.6) is 0 Å². The van der Waals surface area contributed by atoms with E-state index in [4.69, 9.17) is 4.74 Å². The molecular weight excluding hydrogens is 186 g/mol. The summed E-state index contributed by atoms with van der Waals surface area (Å²) in [6.45, 7) is 6.34. The van der Waals surface area contributed by atoms with E-state index < -0.39 is 0 Å². The van der Waals surface area contributed by atoms with Gasteiger partial charge in [-0.05, 0) is 31.7 Å². The van der Waals surface area contributed by atoms with Crippen LogP contribution in [0.1, 0.15) is 51.9 Å². The third-order valence-electron chi connectivity index (χ3n) is 2.95. The first kappa shape index (κ1) is 13.0. The van der Waals surface area contributed by atoms with Crippen molar-refractivity contribution in [3.05, 3.63) is 0 Å². The molecule has 1 aliphatic carbocycles. The Hall–Kier alpha value is -0.0800. The van der Waals surface area contributed by atoms with Crippen molar-refractivity contribution in [2.45, 2.75) is 51.9 Å². The van der Waals surface area contributed by atoms with Crippen molar-refractivity contribution in [3.8, 4) is 0 Å². The summed E-state index contributed by atoms with van der Waals surface area (Å²) in [5.74, 6) is 0.985. The van der Waals surface area contributed by atoms with Gasteiger partial charge in [-0.15, -0.1) is 0 Å². The third kappa shape index (κ3) is 8.88. The average molecular weight is 213 g/mol. The van der Waals surface area contributed by atoms with Gasteiger partial charge in [-0.25, -0.2) is 0 Å². The van der Waals surface area contributed by atoms with Crippen LogP contribution in [0, 0.1) is 5.92 Å². The van der Waals surface area contributed by atoms with E-state index in [1.54, 1.807) is 0 Å². The number of hydrogen-bond acceptors (Lipinski definition) is 2. The number of ether oxygens (including phenoxy) is 1. The molecule has 0 unspecified atom stereocenters. The lowest BCUT2D eigenvalue weighted by Gasteiger charge is -2.05. The molecule has 0 bridgehead atoms. The highest BCUT2D eigenvalue weighted by molar-refractivity contribution is 4.74. The highest BCUT2D eigenvalue weighted by Crippen LogP contribution is 2.27. The zero-order chi connectivity index (χ0) is 10.8. The molecule has 1 N–H and O–H groups in total. The van der Waals surface area contributed by atoms with Gasteiger partial charge in [0.05, 0.1) is 6.61 Å². The number of hydrogen-bond donors (Lipinski definition) is 1. The van der Waals surface area contributed by atoms with Gasteiger partial charge in [0.1, 0.15) is 0 Å². The summed E-state index contributed by atoms with van der Waals surface area (Å²) in [6.07, 6.45) is 9.53. The van der Waals surface area contributed by atoms with Gasteiger partial charge < -0.3 is 10.1 Å². The Balaban J connectivity index is 1.62. The fourth-order valence-electron chi connectivity index (χ4n) is 1.68. The third-order valence-corrected chi connectivity index (χ3v) is 2.95. The molecule has 0 spiro atoms. The predicted molar refractivity (Wildman–Crippen MR) is 65.2 cm³/mol. The molecule has 0 aliphatic heterocycles. The number of unbranched alkanes of at least 4 members (excludes halogenated alkanes) is 4. The Labute approximate surface area is 94.8 Å². The van der Waals surface area contributed by atoms with Crippen LogP contribution < -0.4 is 5.32 Å². The minimum Gasteiger partial charge on any atom is -0.380 e. The normalized spacial score (nSPS) is 15.8. The first-order valence-corrected chi connectivity index (χ1v) is 6.72. The van der Waals surface area contributed by atoms with Gasteiger partial charge in [-0.2, -0.15) is 0 Å². The number of nitrogens with one attached hydrogen (secondary N) is 1. The molecule has 0 atom stereocenters. The molecule has 0 aromatic rings. The summed E-state index contributed by atoms with van der Waals surface area (Å²) >= 11 is 0. The summed E-state index contributed by atoms with van der Waals surface area (Å²) in [4.78, 5) is 0. The summed E-state index contributed by atoms with van der Waals surface area (Å²) < 4.78 is 5.55. The van der Waals surface area contributed by atoms with Crippen LogP contribution in [0.25, 0.3) is 0 Å². The van der Waals surface area contributed by atoms with E-state index in [0.29, 0.717) is 0 Å². The van der Waals surface area contributed by atoms with Crippen LogP contribution in [0.2, 0.25) is 0 Å². The van der Waals surface area contributed by atoms with Crippen LogP contribution in [-0.4, -0.2) is 26.3 Å². The molecule has 0 aromatic heterocycles. The van der Waals surface area contributed by atoms with Crippen molar-refractivity contribution in [1.29, 1.82) is 0 Å². The van der Waals surface area contributed by atoms with E-state index in [2.05, 4.69) is 12.2 Å². The molecule has 2 heteroatoms. The largest absolute Gasteiger partial charge is 0.380 e. The maximum Gasteiger partial charge on any atom is 0.0590 e. The Bertz CT molecular complexity index is 134. The lowest BCUT2D eigenvalue weighted by molar-refractivity contribution is 0.131. The highest BCUT2D eigenvalue weighted by Gasteiger charge is 2.19. The molecule has 1 rings (SSSR count). The molecule has 90 valence electrons. The molecular formula is C13H27NO. The first-order valence-electron chi connectivity index (χ1n) is 6.72. The van der Waals surface area contributed by atoms with E-state index in [1.807, 2.05) is 0 Å². The lowest BCUT2D eigenvalue weighted by atomic mass is 10.2. The van der Waals surface area contributed by atoms with Gasteiger partial charge in [-0.1, -0.05) is 32.6 Å². The minimum absolute atomic E-state index is 0.889. The second-order valence-corrected chi connectivity index (χ2v) is 4.67. The van der Waals surface area contributed by atoms with E-state index in [0.717, 1.165) is 25.7 Å². The van der Waals surface area contributed by atoms with Gasteiger partial charge in [0.25, 0.3) is 0 Å². The fraction of sp³-hybridized carbons (Fsp3) is 1.00. The topological polar surface area (TPSA) is 21.3 Å². The van der Waals surface area contributed by atoms with Crippen molar-refractivity contribution in [3.63, 3.8) is 0 Å². The van der Waals surface area contributed by atoms with Crippen molar-refractivity contribution in [1.82, 2.24) is 5.32 Å². The second kappa shape index (κ2) is 9.17. The summed E-state index contributed by atoms with van der Waals surface area (Å²) in [5.41, 5.74) is 0. The van der Waals surface area contributed by atoms with Crippen LogP contribution in [0.15, 0.2) is 0 Å². The summed E-state index contributed by atoms with van der Waals surface area (Å²) in [7, 11) is 0. The summed E-state index contributed by atoms with van der Waals surface area (Å²) in [6, 6.07) is 0. The molecule has 1 saturated carbocycles. The smallest absolute Gasteiger partial charge is 0.0590 e. The second-order valence-electron chi connectivity index (χ2n) is 4.67. The molecule has 0 amide bonds. The Morgan fingerprint density at radius 1 is 1.07 bits per heavy atom. The van der Waals surface area contributed by atoms with Gasteiger partial charge in [0.2, 0.25) is 0 Å². The van der Waals surface area contributed by atoms with Gasteiger partial charge in [-0.3, -0.25) is 0 Å². The maximum absolute atomic E-state index is 5.55. The average Bonchev–Trinajstić information content (AvgIpc) is 3.05. The lowest BCUT2D eigenvalue weighted by Crippen LogP contribution is -2.22. The predicted octanol–water partition coefficient (Wildman–Crippen LogP) is 2.97. The molecule has 0 aromatic carbocycles. The molecule has 2 nitrogen and oxygen atoms in total. The molecule has 0 saturated heterocycles. The molecule has 1 fully saturated rings. The van der Waals surface area contributed by atoms with Crippen molar-refractivity contribution in [2.24, 2.45) is 5.92 Å². The van der Waals surface area contributed by atoms with Crippen molar-refractivity contribution < 1.29 is 4.74 Å². The SMILES string of the molecule is CCCCCCCOCCNCC1CC1. The van der Waals surface area contributed by atoms with E-state index >= 15 is 0 Å². The quantitative estimate of drug-likeness (QED) is 0.533. The highest BCUT2D eigenvalue weighted by atomic mass is 16.5. The van der Waals surface area contributed by atoms with Gasteiger partial charge >= 0.3 is 0 Å². The van der Waals surface area contributed by atoms with Gasteiger partial charge in [0.15, 0.2) is 0 Å². The van der Waals surface area contributed by atoms with Crippen LogP contribution in [0.3, 0.4) is 0 Å². The summed E-state index contributed by atoms with van der Waals surface area (Å²) in [5, 5.41) is 3.43. The molecule has 15 heavy (non-hydrogen) atoms. The minimum atomic E-state index is 0.889. The van der Waals surface area contributed by atoms with Crippen molar-refractivity contribution in [2.75, 3.05) is 26.3 Å². The Kier molecular flexibility index (Phi) is 7.94. The zero-order valence-corrected chi connectivity index (χ0v) is 10.3. The molecule has 0 heterocycles. The van der Waals surface area contributed by atoms with Crippen LogP contribution >= 0.6 is 0 Å². The monoisotopic (exact) mass is 213 g/mol. The van der Waals surface area contributed by atoms with Gasteiger partial charge in [0, 0.05) is 13.2 Å². The maximum atomic E-state index is 5.55. The molecule has 1 aliphatic rings. The zero-order valence-electron chi connectivity index (χ0n) is 10.3. The Morgan fingerprint density at radius 2 is 1.87 bits per heavy atom. The van der Waals surface area contributed by atoms with Crippen LogP contribution in [0.4, 0.5) is 0 Å². The van der Waals surface area contributed by atoms with E-state index in [-0.39, 0.29) is 0 Å². The van der Waals surface area contributed by atoms with Crippen molar-refractivity contribution >= 4 is 0 Å². The fourth-order valence-corrected chi connectivity index (χ4v) is 1.68. The van der Waals surface area contributed by atoms with Crippen LogP contribution in [-0.2, 0) is 4.74 Å². The van der Waals surface area contributed by atoms with E-state index in [1.165, 1.54) is 51.5 Å². The van der Waals surface area contributed by atoms with E-state index in [9.17, 15) is 0 Å². The molecule has 0 radical (unpaired) electrons. The number of rotatable bonds is 11. The standard InChI is InChI=1S/C13H27NO/c1-2-3-4-5-6-10-15-11-9-14-12-13-7-8-13/h13-14H,2-12H2,1H3.